The second-order valence-electron chi connectivity index (χ2n) is 10.6. The maximum atomic E-state index is 13.1. The highest BCUT2D eigenvalue weighted by Crippen LogP contribution is 2.38. The van der Waals surface area contributed by atoms with Crippen LogP contribution in [0.5, 0.6) is 0 Å². The molecule has 2 aliphatic rings. The van der Waals surface area contributed by atoms with Gasteiger partial charge in [0.05, 0.1) is 6.61 Å². The molecule has 1 amide bonds. The first-order valence-electron chi connectivity index (χ1n) is 11.7. The summed E-state index contributed by atoms with van der Waals surface area (Å²) in [6.07, 6.45) is 4.73. The average molecular weight is 474 g/mol. The number of benzene rings is 1. The summed E-state index contributed by atoms with van der Waals surface area (Å²) in [5.41, 5.74) is 2.07. The molecular formula is C26H39NO5Si. The van der Waals surface area contributed by atoms with Crippen molar-refractivity contribution in [3.05, 3.63) is 59.7 Å². The molecule has 33 heavy (non-hydrogen) atoms. The topological polar surface area (TPSA) is 57.2 Å². The summed E-state index contributed by atoms with van der Waals surface area (Å²) in [7, 11) is -1.89. The molecule has 0 saturated carbocycles. The first-order chi connectivity index (χ1) is 15.5. The Hall–Kier alpha value is -1.93. The van der Waals surface area contributed by atoms with E-state index in [1.807, 2.05) is 62.4 Å². The van der Waals surface area contributed by atoms with E-state index in [0.29, 0.717) is 13.2 Å². The molecule has 7 heteroatoms. The van der Waals surface area contributed by atoms with Crippen LogP contribution in [0.1, 0.15) is 40.2 Å². The van der Waals surface area contributed by atoms with E-state index >= 15 is 0 Å². The Labute approximate surface area is 199 Å². The SMILES string of the molecule is CC(C)=CCN(C(=O)OCc1ccccc1)[C@@H]1C=C[C@@H]2O[C@H]1O[C@H]2CO[Si](C)(C)C(C)(C)C. The lowest BCUT2D eigenvalue weighted by Crippen LogP contribution is -2.48. The van der Waals surface area contributed by atoms with E-state index in [1.165, 1.54) is 0 Å². The Morgan fingerprint density at radius 3 is 2.45 bits per heavy atom. The number of ether oxygens (including phenoxy) is 3. The maximum Gasteiger partial charge on any atom is 0.411 e. The van der Waals surface area contributed by atoms with Crippen molar-refractivity contribution < 1.29 is 23.4 Å². The zero-order chi connectivity index (χ0) is 24.2. The van der Waals surface area contributed by atoms with Gasteiger partial charge in [-0.2, -0.15) is 0 Å². The van der Waals surface area contributed by atoms with Crippen LogP contribution in [0, 0.1) is 0 Å². The first kappa shape index (κ1) is 25.7. The summed E-state index contributed by atoms with van der Waals surface area (Å²) in [4.78, 5) is 14.7. The zero-order valence-electron chi connectivity index (χ0n) is 21.0. The van der Waals surface area contributed by atoms with E-state index in [9.17, 15) is 4.79 Å². The fourth-order valence-electron chi connectivity index (χ4n) is 3.46. The summed E-state index contributed by atoms with van der Waals surface area (Å²) in [5.74, 6) is 0. The molecular weight excluding hydrogens is 434 g/mol. The van der Waals surface area contributed by atoms with Gasteiger partial charge in [0.1, 0.15) is 24.9 Å². The molecule has 1 aromatic carbocycles. The fraction of sp³-hybridized carbons (Fsp3) is 0.577. The number of carbonyl (C=O) groups is 1. The molecule has 1 aromatic rings. The van der Waals surface area contributed by atoms with E-state index < -0.39 is 20.7 Å². The van der Waals surface area contributed by atoms with Gasteiger partial charge in [-0.1, -0.05) is 74.9 Å². The smallest absolute Gasteiger partial charge is 0.411 e. The van der Waals surface area contributed by atoms with Gasteiger partial charge in [-0.05, 0) is 37.5 Å². The van der Waals surface area contributed by atoms with Gasteiger partial charge in [-0.3, -0.25) is 4.90 Å². The number of hydrogen-bond acceptors (Lipinski definition) is 5. The van der Waals surface area contributed by atoms with Crippen molar-refractivity contribution in [1.82, 2.24) is 4.90 Å². The Morgan fingerprint density at radius 1 is 1.12 bits per heavy atom. The summed E-state index contributed by atoms with van der Waals surface area (Å²) in [6, 6.07) is 9.32. The lowest BCUT2D eigenvalue weighted by molar-refractivity contribution is -0.104. The normalized spacial score (nSPS) is 24.5. The third kappa shape index (κ3) is 6.56. The summed E-state index contributed by atoms with van der Waals surface area (Å²) in [5, 5.41) is 0.129. The molecule has 0 aliphatic carbocycles. The summed E-state index contributed by atoms with van der Waals surface area (Å²) >= 11 is 0. The van der Waals surface area contributed by atoms with E-state index in [0.717, 1.165) is 11.1 Å². The standard InChI is InChI=1S/C26H39NO5Si/c1-19(2)15-16-27(25(28)29-17-20-11-9-8-10-12-20)21-13-14-22-23(32-24(21)31-22)18-30-33(6,7)26(3,4)5/h8-15,21-24H,16-18H2,1-7H3/t21-,22+,23+,24+/m1/s1. The van der Waals surface area contributed by atoms with Crippen LogP contribution in [-0.2, 0) is 25.2 Å². The van der Waals surface area contributed by atoms with Crippen LogP contribution >= 0.6 is 0 Å². The molecule has 4 atom stereocenters. The monoisotopic (exact) mass is 473 g/mol. The quantitative estimate of drug-likeness (QED) is 0.360. The highest BCUT2D eigenvalue weighted by Gasteiger charge is 2.46. The van der Waals surface area contributed by atoms with Crippen molar-refractivity contribution in [2.75, 3.05) is 13.2 Å². The van der Waals surface area contributed by atoms with Crippen LogP contribution in [0.4, 0.5) is 4.79 Å². The summed E-state index contributed by atoms with van der Waals surface area (Å²) in [6.45, 7) is 16.3. The number of nitrogens with zero attached hydrogens (tertiary/aromatic N) is 1. The Bertz CT molecular complexity index is 857. The van der Waals surface area contributed by atoms with Crippen LogP contribution < -0.4 is 0 Å². The molecule has 6 nitrogen and oxygen atoms in total. The molecule has 1 saturated heterocycles. The second kappa shape index (κ2) is 10.6. The Kier molecular flexibility index (Phi) is 8.21. The maximum absolute atomic E-state index is 13.1. The van der Waals surface area contributed by atoms with Gasteiger partial charge in [0, 0.05) is 6.54 Å². The average Bonchev–Trinajstić information content (AvgIpc) is 3.07. The van der Waals surface area contributed by atoms with Crippen molar-refractivity contribution in [1.29, 1.82) is 0 Å². The van der Waals surface area contributed by atoms with Crippen LogP contribution in [0.25, 0.3) is 0 Å². The largest absolute Gasteiger partial charge is 0.445 e. The Morgan fingerprint density at radius 2 is 1.82 bits per heavy atom. The molecule has 1 fully saturated rings. The lowest BCUT2D eigenvalue weighted by atomic mass is 10.1. The number of fused-ring (bicyclic) bond motifs is 2. The first-order valence-corrected chi connectivity index (χ1v) is 14.6. The molecule has 2 bridgehead atoms. The molecule has 0 aromatic heterocycles. The van der Waals surface area contributed by atoms with Gasteiger partial charge in [0.2, 0.25) is 0 Å². The molecule has 182 valence electrons. The summed E-state index contributed by atoms with van der Waals surface area (Å²) < 4.78 is 24.4. The molecule has 0 spiro atoms. The van der Waals surface area contributed by atoms with Crippen molar-refractivity contribution in [2.45, 2.75) is 83.9 Å². The predicted octanol–water partition coefficient (Wildman–Crippen LogP) is 5.66. The highest BCUT2D eigenvalue weighted by molar-refractivity contribution is 6.74. The van der Waals surface area contributed by atoms with Gasteiger partial charge >= 0.3 is 6.09 Å². The van der Waals surface area contributed by atoms with Gasteiger partial charge < -0.3 is 18.6 Å². The van der Waals surface area contributed by atoms with Gasteiger partial charge in [-0.25, -0.2) is 4.79 Å². The number of amides is 1. The van der Waals surface area contributed by atoms with Gasteiger partial charge in [0.15, 0.2) is 14.6 Å². The molecule has 0 N–H and O–H groups in total. The number of hydrogen-bond donors (Lipinski definition) is 0. The van der Waals surface area contributed by atoms with Crippen LogP contribution in [0.2, 0.25) is 18.1 Å². The molecule has 0 radical (unpaired) electrons. The van der Waals surface area contributed by atoms with Crippen molar-refractivity contribution in [2.24, 2.45) is 0 Å². The van der Waals surface area contributed by atoms with Crippen LogP contribution in [0.3, 0.4) is 0 Å². The number of allylic oxidation sites excluding steroid dienone is 1. The van der Waals surface area contributed by atoms with Gasteiger partial charge in [0.25, 0.3) is 0 Å². The Balaban J connectivity index is 1.66. The predicted molar refractivity (Wildman–Crippen MR) is 132 cm³/mol. The van der Waals surface area contributed by atoms with Crippen LogP contribution in [-0.4, -0.2) is 57.0 Å². The molecule has 3 rings (SSSR count). The third-order valence-corrected chi connectivity index (χ3v) is 11.2. The number of rotatable bonds is 8. The highest BCUT2D eigenvalue weighted by atomic mass is 28.4. The minimum absolute atomic E-state index is 0.129. The van der Waals surface area contributed by atoms with Crippen LogP contribution in [0.15, 0.2) is 54.1 Å². The lowest BCUT2D eigenvalue weighted by Gasteiger charge is -2.37. The van der Waals surface area contributed by atoms with Crippen molar-refractivity contribution in [3.63, 3.8) is 0 Å². The fourth-order valence-corrected chi connectivity index (χ4v) is 4.48. The van der Waals surface area contributed by atoms with E-state index in [4.69, 9.17) is 18.6 Å². The van der Waals surface area contributed by atoms with Crippen molar-refractivity contribution in [3.8, 4) is 0 Å². The minimum atomic E-state index is -1.89. The van der Waals surface area contributed by atoms with E-state index in [-0.39, 0.29) is 29.9 Å². The molecule has 2 aliphatic heterocycles. The second-order valence-corrected chi connectivity index (χ2v) is 15.4. The molecule has 2 heterocycles. The third-order valence-electron chi connectivity index (χ3n) is 6.65. The number of carbonyl (C=O) groups excluding carboxylic acids is 1. The van der Waals surface area contributed by atoms with E-state index in [2.05, 4.69) is 33.9 Å². The zero-order valence-corrected chi connectivity index (χ0v) is 22.0. The minimum Gasteiger partial charge on any atom is -0.445 e. The van der Waals surface area contributed by atoms with Gasteiger partial charge in [-0.15, -0.1) is 0 Å². The van der Waals surface area contributed by atoms with E-state index in [1.54, 1.807) is 4.90 Å². The van der Waals surface area contributed by atoms with Crippen molar-refractivity contribution >= 4 is 14.4 Å². The molecule has 0 unspecified atom stereocenters.